The Kier molecular flexibility index (Phi) is 19.9. The zero-order valence-electron chi connectivity index (χ0n) is 21.1. The number of rotatable bonds is 10. The van der Waals surface area contributed by atoms with Crippen molar-refractivity contribution in [2.24, 2.45) is 5.92 Å². The average molecular weight is 442 g/mol. The summed E-state index contributed by atoms with van der Waals surface area (Å²) >= 11 is 0. The number of hydrogen-bond acceptors (Lipinski definition) is 1. The van der Waals surface area contributed by atoms with Gasteiger partial charge in [0.05, 0.1) is 0 Å². The number of halogens is 1. The number of allylic oxidation sites excluding steroid dienone is 7. The second-order valence-corrected chi connectivity index (χ2v) is 7.63. The van der Waals surface area contributed by atoms with Gasteiger partial charge in [0.15, 0.2) is 0 Å². The summed E-state index contributed by atoms with van der Waals surface area (Å²) in [5.41, 5.74) is 4.06. The molecule has 0 saturated heterocycles. The second-order valence-electron chi connectivity index (χ2n) is 7.63. The number of nitrogens with one attached hydrogen (secondary N) is 1. The third-order valence-corrected chi connectivity index (χ3v) is 4.72. The van der Waals surface area contributed by atoms with E-state index in [4.69, 9.17) is 0 Å². The molecular weight excluding hydrogens is 397 g/mol. The Morgan fingerprint density at radius 3 is 1.91 bits per heavy atom. The number of amides is 1. The van der Waals surface area contributed by atoms with Gasteiger partial charge in [0.1, 0.15) is 5.82 Å². The molecule has 1 amide bonds. The fraction of sp³-hybridized carbons (Fsp3) is 0.414. The SMILES string of the molecule is C/C=C\C.C=C/C=C(/C)C(=C)C(=C)C.CCCC(CCC)C(=O)NCc1ccc(F)cc1. The fourth-order valence-electron chi connectivity index (χ4n) is 2.65. The highest BCUT2D eigenvalue weighted by Crippen LogP contribution is 2.14. The molecule has 1 rings (SSSR count). The lowest BCUT2D eigenvalue weighted by molar-refractivity contribution is -0.125. The monoisotopic (exact) mass is 441 g/mol. The smallest absolute Gasteiger partial charge is 0.223 e. The molecule has 0 atom stereocenters. The van der Waals surface area contributed by atoms with E-state index in [0.29, 0.717) is 6.54 Å². The number of carbonyl (C=O) groups is 1. The van der Waals surface area contributed by atoms with Crippen LogP contribution in [0.2, 0.25) is 0 Å². The Morgan fingerprint density at radius 2 is 1.53 bits per heavy atom. The van der Waals surface area contributed by atoms with Gasteiger partial charge >= 0.3 is 0 Å². The summed E-state index contributed by atoms with van der Waals surface area (Å²) < 4.78 is 12.7. The second kappa shape index (κ2) is 20.2. The maximum Gasteiger partial charge on any atom is 0.223 e. The van der Waals surface area contributed by atoms with Crippen molar-refractivity contribution < 1.29 is 9.18 Å². The third kappa shape index (κ3) is 16.1. The van der Waals surface area contributed by atoms with Crippen LogP contribution in [0.15, 0.2) is 85.0 Å². The minimum Gasteiger partial charge on any atom is -0.352 e. The summed E-state index contributed by atoms with van der Waals surface area (Å²) in [6.07, 6.45) is 11.6. The zero-order valence-corrected chi connectivity index (χ0v) is 21.1. The standard InChI is InChI=1S/C15H22FNO.C10H14.C4H8/c1-3-5-13(6-4-2)15(18)17-11-12-7-9-14(16)10-8-12;1-6-7-9(4)10(5)8(2)3;1-3-4-2/h7-10,13H,3-6,11H2,1-2H3,(H,17,18);6-7H,1-2,5H2,3-4H3;3-4H,1-2H3/b;9-7-;4-3-. The van der Waals surface area contributed by atoms with Gasteiger partial charge in [-0.2, -0.15) is 0 Å². The van der Waals surface area contributed by atoms with E-state index in [0.717, 1.165) is 48.0 Å². The summed E-state index contributed by atoms with van der Waals surface area (Å²) in [7, 11) is 0. The molecule has 0 fully saturated rings. The Bertz CT molecular complexity index is 731. The molecule has 0 spiro atoms. The van der Waals surface area contributed by atoms with Crippen LogP contribution in [0.5, 0.6) is 0 Å². The molecule has 0 aromatic heterocycles. The molecule has 0 bridgehead atoms. The highest BCUT2D eigenvalue weighted by atomic mass is 19.1. The van der Waals surface area contributed by atoms with Gasteiger partial charge < -0.3 is 5.32 Å². The Balaban J connectivity index is 0. The van der Waals surface area contributed by atoms with Crippen LogP contribution in [0.4, 0.5) is 4.39 Å². The van der Waals surface area contributed by atoms with Crippen LogP contribution in [-0.2, 0) is 11.3 Å². The van der Waals surface area contributed by atoms with Crippen LogP contribution in [-0.4, -0.2) is 5.91 Å². The first-order valence-corrected chi connectivity index (χ1v) is 11.4. The first-order valence-electron chi connectivity index (χ1n) is 11.4. The summed E-state index contributed by atoms with van der Waals surface area (Å²) in [5.74, 6) is -0.0246. The van der Waals surface area contributed by atoms with Gasteiger partial charge in [-0.15, -0.1) is 0 Å². The number of hydrogen-bond donors (Lipinski definition) is 1. The number of benzene rings is 1. The van der Waals surface area contributed by atoms with Crippen LogP contribution in [0, 0.1) is 11.7 Å². The molecule has 32 heavy (non-hydrogen) atoms. The largest absolute Gasteiger partial charge is 0.352 e. The molecule has 0 aliphatic rings. The summed E-state index contributed by atoms with van der Waals surface area (Å²) in [6.45, 7) is 23.8. The van der Waals surface area contributed by atoms with Gasteiger partial charge in [-0.3, -0.25) is 4.79 Å². The first kappa shape index (κ1) is 31.5. The highest BCUT2D eigenvalue weighted by Gasteiger charge is 2.15. The lowest BCUT2D eigenvalue weighted by Gasteiger charge is -2.15. The quantitative estimate of drug-likeness (QED) is 0.286. The van der Waals surface area contributed by atoms with Gasteiger partial charge in [0.2, 0.25) is 5.91 Å². The topological polar surface area (TPSA) is 29.1 Å². The Hall–Kier alpha value is -2.68. The van der Waals surface area contributed by atoms with Gasteiger partial charge in [0, 0.05) is 12.5 Å². The summed E-state index contributed by atoms with van der Waals surface area (Å²) in [4.78, 5) is 12.0. The van der Waals surface area contributed by atoms with Crippen LogP contribution in [0.25, 0.3) is 0 Å². The maximum absolute atomic E-state index is 12.7. The van der Waals surface area contributed by atoms with Crippen LogP contribution in [0.3, 0.4) is 0 Å². The van der Waals surface area contributed by atoms with Crippen molar-refractivity contribution in [3.05, 3.63) is 96.4 Å². The first-order chi connectivity index (χ1) is 15.2. The lowest BCUT2D eigenvalue weighted by atomic mass is 9.97. The molecule has 2 nitrogen and oxygen atoms in total. The molecular formula is C29H44FNO. The van der Waals surface area contributed by atoms with Gasteiger partial charge in [-0.1, -0.05) is 88.4 Å². The van der Waals surface area contributed by atoms with Crippen molar-refractivity contribution in [3.63, 3.8) is 0 Å². The molecule has 0 saturated carbocycles. The van der Waals surface area contributed by atoms with Crippen molar-refractivity contribution in [1.29, 1.82) is 0 Å². The molecule has 3 heteroatoms. The fourth-order valence-corrected chi connectivity index (χ4v) is 2.65. The van der Waals surface area contributed by atoms with Gasteiger partial charge in [-0.05, 0) is 69.4 Å². The highest BCUT2D eigenvalue weighted by molar-refractivity contribution is 5.78. The van der Waals surface area contributed by atoms with Crippen LogP contribution >= 0.6 is 0 Å². The summed E-state index contributed by atoms with van der Waals surface area (Å²) in [5, 5.41) is 2.93. The molecule has 0 heterocycles. The van der Waals surface area contributed by atoms with E-state index < -0.39 is 0 Å². The lowest BCUT2D eigenvalue weighted by Crippen LogP contribution is -2.30. The Labute approximate surface area is 196 Å². The van der Waals surface area contributed by atoms with Gasteiger partial charge in [0.25, 0.3) is 0 Å². The Morgan fingerprint density at radius 1 is 1.03 bits per heavy atom. The molecule has 0 radical (unpaired) electrons. The normalized spacial score (nSPS) is 10.6. The van der Waals surface area contributed by atoms with Crippen LogP contribution < -0.4 is 5.32 Å². The minimum atomic E-state index is -0.250. The number of carbonyl (C=O) groups excluding carboxylic acids is 1. The van der Waals surface area contributed by atoms with Gasteiger partial charge in [-0.25, -0.2) is 4.39 Å². The van der Waals surface area contributed by atoms with Crippen molar-refractivity contribution in [2.45, 2.75) is 73.8 Å². The molecule has 178 valence electrons. The average Bonchev–Trinajstić information content (AvgIpc) is 2.78. The summed E-state index contributed by atoms with van der Waals surface area (Å²) in [6, 6.07) is 6.22. The van der Waals surface area contributed by atoms with E-state index >= 15 is 0 Å². The zero-order chi connectivity index (χ0) is 24.9. The minimum absolute atomic E-state index is 0.112. The van der Waals surface area contributed by atoms with E-state index in [1.807, 2.05) is 45.9 Å². The molecule has 0 aliphatic carbocycles. The molecule has 1 N–H and O–H groups in total. The van der Waals surface area contributed by atoms with Crippen molar-refractivity contribution >= 4 is 5.91 Å². The van der Waals surface area contributed by atoms with Crippen molar-refractivity contribution in [1.82, 2.24) is 5.32 Å². The molecule has 1 aromatic rings. The van der Waals surface area contributed by atoms with Crippen molar-refractivity contribution in [2.75, 3.05) is 0 Å². The molecule has 0 aliphatic heterocycles. The predicted octanol–water partition coefficient (Wildman–Crippen LogP) is 8.49. The maximum atomic E-state index is 12.7. The van der Waals surface area contributed by atoms with E-state index in [2.05, 4.69) is 38.9 Å². The van der Waals surface area contributed by atoms with E-state index in [1.54, 1.807) is 18.2 Å². The third-order valence-electron chi connectivity index (χ3n) is 4.72. The van der Waals surface area contributed by atoms with Crippen molar-refractivity contribution in [3.8, 4) is 0 Å². The van der Waals surface area contributed by atoms with E-state index in [1.165, 1.54) is 12.1 Å². The predicted molar refractivity (Wildman–Crippen MR) is 140 cm³/mol. The van der Waals surface area contributed by atoms with E-state index in [9.17, 15) is 9.18 Å². The molecule has 0 unspecified atom stereocenters. The van der Waals surface area contributed by atoms with Crippen LogP contribution in [0.1, 0.15) is 72.8 Å². The molecule has 1 aromatic carbocycles. The van der Waals surface area contributed by atoms with E-state index in [-0.39, 0.29) is 17.6 Å².